The van der Waals surface area contributed by atoms with Gasteiger partial charge in [-0.2, -0.15) is 0 Å². The number of quaternary nitrogens is 1. The number of rotatable bonds is 5. The fourth-order valence-electron chi connectivity index (χ4n) is 11.4. The number of hydrogen-bond donors (Lipinski definition) is 4. The van der Waals surface area contributed by atoms with Crippen molar-refractivity contribution in [2.24, 2.45) is 46.3 Å². The summed E-state index contributed by atoms with van der Waals surface area (Å²) in [6, 6.07) is 0. The Morgan fingerprint density at radius 2 is 1.73 bits per heavy atom. The molecular formula is C33H58N3O4+. The van der Waals surface area contributed by atoms with Crippen LogP contribution in [0.2, 0.25) is 0 Å². The molecular weight excluding hydrogens is 502 g/mol. The Labute approximate surface area is 242 Å². The summed E-state index contributed by atoms with van der Waals surface area (Å²) in [6.07, 6.45) is 11.6. The van der Waals surface area contributed by atoms with Gasteiger partial charge in [-0.3, -0.25) is 9.69 Å². The van der Waals surface area contributed by atoms with Crippen molar-refractivity contribution in [1.82, 2.24) is 9.80 Å². The Balaban J connectivity index is 1.06. The lowest BCUT2D eigenvalue weighted by Crippen LogP contribution is -2.95. The molecule has 7 nitrogen and oxygen atoms in total. The summed E-state index contributed by atoms with van der Waals surface area (Å²) >= 11 is 0. The molecule has 0 bridgehead atoms. The zero-order valence-corrected chi connectivity index (χ0v) is 25.5. The van der Waals surface area contributed by atoms with Gasteiger partial charge in [-0.1, -0.05) is 20.8 Å². The van der Waals surface area contributed by atoms with E-state index in [0.717, 1.165) is 77.5 Å². The number of nitrogens with zero attached hydrogens (tertiary/aromatic N) is 2. The molecule has 2 aliphatic heterocycles. The molecule has 40 heavy (non-hydrogen) atoms. The first-order chi connectivity index (χ1) is 19.1. The van der Waals surface area contributed by atoms with E-state index in [2.05, 4.69) is 35.9 Å². The largest absolute Gasteiger partial charge is 0.393 e. The average molecular weight is 561 g/mol. The molecule has 4 aliphatic carbocycles. The number of carbonyl (C=O) groups excluding carboxylic acids is 1. The summed E-state index contributed by atoms with van der Waals surface area (Å²) in [5.74, 6) is 2.37. The molecule has 1 amide bonds. The molecule has 6 rings (SSSR count). The summed E-state index contributed by atoms with van der Waals surface area (Å²) in [7, 11) is 0. The second-order valence-electron chi connectivity index (χ2n) is 15.5. The molecule has 6 fully saturated rings. The zero-order chi connectivity index (χ0) is 28.2. The first-order valence-corrected chi connectivity index (χ1v) is 17.0. The minimum absolute atomic E-state index is 0.112. The lowest BCUT2D eigenvalue weighted by Gasteiger charge is -2.63. The van der Waals surface area contributed by atoms with Gasteiger partial charge in [-0.15, -0.1) is 0 Å². The number of amides is 1. The number of hydrogen-bond acceptors (Lipinski definition) is 5. The third kappa shape index (κ3) is 4.98. The average Bonchev–Trinajstić information content (AvgIpc) is 3.32. The van der Waals surface area contributed by atoms with E-state index in [1.54, 1.807) is 0 Å². The summed E-state index contributed by atoms with van der Waals surface area (Å²) in [4.78, 5) is 17.9. The van der Waals surface area contributed by atoms with Crippen LogP contribution < -0.4 is 5.32 Å². The van der Waals surface area contributed by atoms with Gasteiger partial charge in [-0.05, 0) is 111 Å². The van der Waals surface area contributed by atoms with Gasteiger partial charge in [0, 0.05) is 39.0 Å². The maximum Gasteiger partial charge on any atom is 0.222 e. The van der Waals surface area contributed by atoms with Gasteiger partial charge in [0.05, 0.1) is 24.9 Å². The third-order valence-corrected chi connectivity index (χ3v) is 13.9. The number of carbonyl (C=O) groups is 1. The van der Waals surface area contributed by atoms with E-state index in [-0.39, 0.29) is 35.1 Å². The van der Waals surface area contributed by atoms with Crippen LogP contribution in [0.25, 0.3) is 0 Å². The van der Waals surface area contributed by atoms with Crippen LogP contribution >= 0.6 is 0 Å². The van der Waals surface area contributed by atoms with Gasteiger partial charge in [0.15, 0.2) is 0 Å². The molecule has 0 radical (unpaired) electrons. The van der Waals surface area contributed by atoms with E-state index in [4.69, 9.17) is 0 Å². The predicted molar refractivity (Wildman–Crippen MR) is 155 cm³/mol. The Morgan fingerprint density at radius 1 is 0.950 bits per heavy atom. The van der Waals surface area contributed by atoms with E-state index in [1.807, 2.05) is 0 Å². The number of piperidine rings is 1. The molecule has 0 aromatic carbocycles. The van der Waals surface area contributed by atoms with Crippen molar-refractivity contribution >= 4 is 5.91 Å². The van der Waals surface area contributed by atoms with Gasteiger partial charge in [0.2, 0.25) is 5.91 Å². The van der Waals surface area contributed by atoms with Gasteiger partial charge in [0.1, 0.15) is 6.17 Å². The van der Waals surface area contributed by atoms with Crippen LogP contribution in [-0.2, 0) is 4.79 Å². The SMILES string of the molecule is CC(CCC(=O)N1CCN(C2CCCC[NH2+]2)CC1)C1CCC2C3C(O)CC4CC(O)CCC4(C)C3CC(O)C12C. The first-order valence-electron chi connectivity index (χ1n) is 17.0. The maximum absolute atomic E-state index is 13.2. The van der Waals surface area contributed by atoms with Crippen molar-refractivity contribution in [3.8, 4) is 0 Å². The van der Waals surface area contributed by atoms with Crippen LogP contribution in [0.15, 0.2) is 0 Å². The molecule has 5 N–H and O–H groups in total. The summed E-state index contributed by atoms with van der Waals surface area (Å²) in [6.45, 7) is 12.0. The highest BCUT2D eigenvalue weighted by atomic mass is 16.3. The number of aliphatic hydroxyl groups excluding tert-OH is 3. The van der Waals surface area contributed by atoms with Crippen molar-refractivity contribution in [3.05, 3.63) is 0 Å². The van der Waals surface area contributed by atoms with E-state index >= 15 is 0 Å². The fourth-order valence-corrected chi connectivity index (χ4v) is 11.4. The summed E-state index contributed by atoms with van der Waals surface area (Å²) in [5.41, 5.74) is -0.0787. The molecule has 0 aromatic rings. The summed E-state index contributed by atoms with van der Waals surface area (Å²) in [5, 5.41) is 36.2. The highest BCUT2D eigenvalue weighted by Gasteiger charge is 2.65. The van der Waals surface area contributed by atoms with Crippen LogP contribution in [0.3, 0.4) is 0 Å². The number of piperazine rings is 1. The molecule has 228 valence electrons. The monoisotopic (exact) mass is 560 g/mol. The van der Waals surface area contributed by atoms with Crippen LogP contribution in [0.5, 0.6) is 0 Å². The second kappa shape index (κ2) is 11.4. The van der Waals surface area contributed by atoms with Gasteiger partial charge in [0.25, 0.3) is 0 Å². The lowest BCUT2D eigenvalue weighted by atomic mass is 9.43. The standard InChI is InChI=1S/C33H57N3O4/c1-21(7-10-30(40)36-16-14-35(15-17-36)29-6-4-5-13-34-29)24-8-9-25-31-26(20-28(39)33(24,25)3)32(2)12-11-23(37)18-22(32)19-27(31)38/h21-29,31,34,37-39H,4-20H2,1-3H3/p+1. The van der Waals surface area contributed by atoms with Crippen LogP contribution in [-0.4, -0.2) is 88.2 Å². The molecule has 0 aromatic heterocycles. The molecule has 6 aliphatic rings. The zero-order valence-electron chi connectivity index (χ0n) is 25.5. The van der Waals surface area contributed by atoms with Gasteiger partial charge >= 0.3 is 0 Å². The van der Waals surface area contributed by atoms with Crippen molar-refractivity contribution in [2.75, 3.05) is 32.7 Å². The molecule has 7 heteroatoms. The highest BCUT2D eigenvalue weighted by Crippen LogP contribution is 2.68. The smallest absolute Gasteiger partial charge is 0.222 e. The van der Waals surface area contributed by atoms with E-state index in [9.17, 15) is 20.1 Å². The number of aliphatic hydroxyl groups is 3. The quantitative estimate of drug-likeness (QED) is 0.414. The van der Waals surface area contributed by atoms with Crippen LogP contribution in [0, 0.1) is 46.3 Å². The van der Waals surface area contributed by atoms with Crippen molar-refractivity contribution < 1.29 is 25.4 Å². The van der Waals surface area contributed by atoms with Gasteiger partial charge in [-0.25, -0.2) is 0 Å². The topological polar surface area (TPSA) is 101 Å². The second-order valence-corrected chi connectivity index (χ2v) is 15.5. The van der Waals surface area contributed by atoms with Crippen molar-refractivity contribution in [2.45, 2.75) is 122 Å². The van der Waals surface area contributed by atoms with Crippen molar-refractivity contribution in [3.63, 3.8) is 0 Å². The normalized spacial score (nSPS) is 48.6. The number of nitrogens with two attached hydrogens (primary N) is 1. The fraction of sp³-hybridized carbons (Fsp3) is 0.970. The third-order valence-electron chi connectivity index (χ3n) is 13.9. The lowest BCUT2D eigenvalue weighted by molar-refractivity contribution is -0.717. The Bertz CT molecular complexity index is 904. The minimum Gasteiger partial charge on any atom is -0.393 e. The highest BCUT2D eigenvalue weighted by molar-refractivity contribution is 5.76. The van der Waals surface area contributed by atoms with Crippen LogP contribution in [0.4, 0.5) is 0 Å². The maximum atomic E-state index is 13.2. The molecule has 0 spiro atoms. The van der Waals surface area contributed by atoms with E-state index < -0.39 is 0 Å². The number of fused-ring (bicyclic) bond motifs is 5. The van der Waals surface area contributed by atoms with Crippen LogP contribution in [0.1, 0.15) is 97.8 Å². The van der Waals surface area contributed by atoms with Gasteiger partial charge < -0.3 is 25.5 Å². The molecule has 4 saturated carbocycles. The first kappa shape index (κ1) is 29.3. The van der Waals surface area contributed by atoms with E-state index in [0.29, 0.717) is 48.1 Å². The minimum atomic E-state index is -0.358. The Morgan fingerprint density at radius 3 is 2.45 bits per heavy atom. The van der Waals surface area contributed by atoms with E-state index in [1.165, 1.54) is 25.8 Å². The molecule has 12 unspecified atom stereocenters. The molecule has 2 heterocycles. The predicted octanol–water partition coefficient (Wildman–Crippen LogP) is 2.58. The Kier molecular flexibility index (Phi) is 8.37. The molecule has 2 saturated heterocycles. The van der Waals surface area contributed by atoms with Crippen molar-refractivity contribution in [1.29, 1.82) is 0 Å². The summed E-state index contributed by atoms with van der Waals surface area (Å²) < 4.78 is 0. The molecule has 12 atom stereocenters. The Hall–Kier alpha value is -0.730.